The molecular weight excluding hydrogens is 170 g/mol. The highest BCUT2D eigenvalue weighted by Crippen LogP contribution is 2.13. The predicted molar refractivity (Wildman–Crippen MR) is 46.4 cm³/mol. The minimum atomic E-state index is -0.0942. The Hall–Kier alpha value is -1.52. The molecule has 2 heterocycles. The van der Waals surface area contributed by atoms with Crippen LogP contribution in [0.1, 0.15) is 12.0 Å². The topological polar surface area (TPSA) is 58.4 Å². The zero-order chi connectivity index (χ0) is 9.26. The fourth-order valence-electron chi connectivity index (χ4n) is 1.11. The first-order valence-corrected chi connectivity index (χ1v) is 4.24. The highest BCUT2D eigenvalue weighted by molar-refractivity contribution is 5.89. The SMILES string of the molecule is Cc1conc1NC(=O)N1CCC1. The van der Waals surface area contributed by atoms with E-state index in [1.807, 2.05) is 6.92 Å². The highest BCUT2D eigenvalue weighted by Gasteiger charge is 2.21. The van der Waals surface area contributed by atoms with Crippen LogP contribution < -0.4 is 5.32 Å². The van der Waals surface area contributed by atoms with E-state index in [4.69, 9.17) is 4.52 Å². The maximum atomic E-state index is 11.4. The molecule has 0 unspecified atom stereocenters. The Morgan fingerprint density at radius 1 is 1.69 bits per heavy atom. The Morgan fingerprint density at radius 2 is 2.46 bits per heavy atom. The minimum absolute atomic E-state index is 0.0942. The van der Waals surface area contributed by atoms with Crippen LogP contribution in [0.5, 0.6) is 0 Å². The number of hydrogen-bond donors (Lipinski definition) is 1. The molecule has 2 rings (SSSR count). The van der Waals surface area contributed by atoms with Crippen molar-refractivity contribution in [2.75, 3.05) is 18.4 Å². The highest BCUT2D eigenvalue weighted by atomic mass is 16.5. The molecule has 70 valence electrons. The molecule has 5 nitrogen and oxygen atoms in total. The summed E-state index contributed by atoms with van der Waals surface area (Å²) in [6.07, 6.45) is 2.59. The molecule has 1 fully saturated rings. The molecule has 1 aliphatic heterocycles. The van der Waals surface area contributed by atoms with Gasteiger partial charge in [0, 0.05) is 18.7 Å². The summed E-state index contributed by atoms with van der Waals surface area (Å²) >= 11 is 0. The zero-order valence-electron chi connectivity index (χ0n) is 7.41. The molecule has 0 spiro atoms. The van der Waals surface area contributed by atoms with E-state index in [2.05, 4.69) is 10.5 Å². The third kappa shape index (κ3) is 1.49. The molecule has 1 saturated heterocycles. The Bertz CT molecular complexity index is 317. The second-order valence-electron chi connectivity index (χ2n) is 3.12. The number of carbonyl (C=O) groups is 1. The van der Waals surface area contributed by atoms with Gasteiger partial charge in [0.1, 0.15) is 6.26 Å². The first kappa shape index (κ1) is 8.10. The van der Waals surface area contributed by atoms with Crippen molar-refractivity contribution in [2.45, 2.75) is 13.3 Å². The standard InChI is InChI=1S/C8H11N3O2/c1-6-5-13-10-7(6)9-8(12)11-3-2-4-11/h5H,2-4H2,1H3,(H,9,10,12). The van der Waals surface area contributed by atoms with Crippen molar-refractivity contribution >= 4 is 11.8 Å². The molecule has 13 heavy (non-hydrogen) atoms. The number of likely N-dealkylation sites (tertiary alicyclic amines) is 1. The third-order valence-corrected chi connectivity index (χ3v) is 2.12. The lowest BCUT2D eigenvalue weighted by Gasteiger charge is -2.30. The second kappa shape index (κ2) is 3.08. The number of anilines is 1. The molecule has 1 aliphatic rings. The van der Waals surface area contributed by atoms with Crippen LogP contribution in [0.4, 0.5) is 10.6 Å². The number of urea groups is 1. The van der Waals surface area contributed by atoms with Gasteiger partial charge in [0.25, 0.3) is 0 Å². The van der Waals surface area contributed by atoms with Crippen molar-refractivity contribution in [3.8, 4) is 0 Å². The van der Waals surface area contributed by atoms with Crippen LogP contribution in [-0.4, -0.2) is 29.2 Å². The Labute approximate surface area is 75.7 Å². The summed E-state index contributed by atoms with van der Waals surface area (Å²) in [4.78, 5) is 13.1. The predicted octanol–water partition coefficient (Wildman–Crippen LogP) is 1.22. The van der Waals surface area contributed by atoms with Crippen molar-refractivity contribution in [3.05, 3.63) is 11.8 Å². The van der Waals surface area contributed by atoms with E-state index in [9.17, 15) is 4.79 Å². The molecule has 0 aromatic carbocycles. The fraction of sp³-hybridized carbons (Fsp3) is 0.500. The van der Waals surface area contributed by atoms with Crippen molar-refractivity contribution in [3.63, 3.8) is 0 Å². The molecule has 0 aliphatic carbocycles. The van der Waals surface area contributed by atoms with Crippen LogP contribution in [0.2, 0.25) is 0 Å². The number of amides is 2. The summed E-state index contributed by atoms with van der Waals surface area (Å²) in [5.41, 5.74) is 0.842. The Kier molecular flexibility index (Phi) is 1.92. The van der Waals surface area contributed by atoms with Gasteiger partial charge in [-0.1, -0.05) is 5.16 Å². The van der Waals surface area contributed by atoms with Gasteiger partial charge in [-0.25, -0.2) is 4.79 Å². The van der Waals surface area contributed by atoms with Gasteiger partial charge in [-0.3, -0.25) is 5.32 Å². The van der Waals surface area contributed by atoms with E-state index in [0.717, 1.165) is 25.1 Å². The van der Waals surface area contributed by atoms with Gasteiger partial charge < -0.3 is 9.42 Å². The molecule has 1 N–H and O–H groups in total. The van der Waals surface area contributed by atoms with Crippen molar-refractivity contribution in [1.29, 1.82) is 0 Å². The molecule has 0 bridgehead atoms. The van der Waals surface area contributed by atoms with Gasteiger partial charge in [-0.2, -0.15) is 0 Å². The maximum Gasteiger partial charge on any atom is 0.323 e. The largest absolute Gasteiger partial charge is 0.362 e. The molecule has 1 aromatic rings. The smallest absolute Gasteiger partial charge is 0.323 e. The van der Waals surface area contributed by atoms with E-state index in [-0.39, 0.29) is 6.03 Å². The van der Waals surface area contributed by atoms with Crippen LogP contribution in [0, 0.1) is 6.92 Å². The second-order valence-corrected chi connectivity index (χ2v) is 3.12. The van der Waals surface area contributed by atoms with Crippen molar-refractivity contribution < 1.29 is 9.32 Å². The number of aryl methyl sites for hydroxylation is 1. The fourth-order valence-corrected chi connectivity index (χ4v) is 1.11. The van der Waals surface area contributed by atoms with E-state index >= 15 is 0 Å². The van der Waals surface area contributed by atoms with E-state index in [1.165, 1.54) is 6.26 Å². The number of rotatable bonds is 1. The number of aromatic nitrogens is 1. The molecule has 5 heteroatoms. The minimum Gasteiger partial charge on any atom is -0.362 e. The zero-order valence-corrected chi connectivity index (χ0v) is 7.41. The summed E-state index contributed by atoms with van der Waals surface area (Å²) in [7, 11) is 0. The summed E-state index contributed by atoms with van der Waals surface area (Å²) in [5, 5.41) is 6.34. The third-order valence-electron chi connectivity index (χ3n) is 2.12. The van der Waals surface area contributed by atoms with Gasteiger partial charge in [0.05, 0.1) is 0 Å². The van der Waals surface area contributed by atoms with E-state index in [0.29, 0.717) is 5.82 Å². The van der Waals surface area contributed by atoms with Crippen LogP contribution in [0.15, 0.2) is 10.8 Å². The summed E-state index contributed by atoms with van der Waals surface area (Å²) in [6, 6.07) is -0.0942. The average Bonchev–Trinajstić information content (AvgIpc) is 2.32. The van der Waals surface area contributed by atoms with Crippen LogP contribution >= 0.6 is 0 Å². The number of nitrogens with zero attached hydrogens (tertiary/aromatic N) is 2. The van der Waals surface area contributed by atoms with Crippen LogP contribution in [0.3, 0.4) is 0 Å². The molecule has 0 saturated carbocycles. The normalized spacial score (nSPS) is 15.3. The van der Waals surface area contributed by atoms with Gasteiger partial charge in [-0.05, 0) is 13.3 Å². The van der Waals surface area contributed by atoms with Gasteiger partial charge in [-0.15, -0.1) is 0 Å². The lowest BCUT2D eigenvalue weighted by atomic mass is 10.2. The number of hydrogen-bond acceptors (Lipinski definition) is 3. The quantitative estimate of drug-likeness (QED) is 0.708. The average molecular weight is 181 g/mol. The van der Waals surface area contributed by atoms with Gasteiger partial charge in [0.15, 0.2) is 5.82 Å². The van der Waals surface area contributed by atoms with Crippen LogP contribution in [-0.2, 0) is 0 Å². The van der Waals surface area contributed by atoms with Crippen molar-refractivity contribution in [1.82, 2.24) is 10.1 Å². The van der Waals surface area contributed by atoms with Crippen molar-refractivity contribution in [2.24, 2.45) is 0 Å². The van der Waals surface area contributed by atoms with Gasteiger partial charge in [0.2, 0.25) is 0 Å². The summed E-state index contributed by atoms with van der Waals surface area (Å²) in [5.74, 6) is 0.511. The monoisotopic (exact) mass is 181 g/mol. The van der Waals surface area contributed by atoms with E-state index < -0.39 is 0 Å². The molecule has 1 aromatic heterocycles. The molecular formula is C8H11N3O2. The van der Waals surface area contributed by atoms with E-state index in [1.54, 1.807) is 4.90 Å². The summed E-state index contributed by atoms with van der Waals surface area (Å²) < 4.78 is 4.69. The lowest BCUT2D eigenvalue weighted by molar-refractivity contribution is 0.181. The lowest BCUT2D eigenvalue weighted by Crippen LogP contribution is -2.44. The Morgan fingerprint density at radius 3 is 2.92 bits per heavy atom. The van der Waals surface area contributed by atoms with Crippen LogP contribution in [0.25, 0.3) is 0 Å². The number of carbonyl (C=O) groups excluding carboxylic acids is 1. The summed E-state index contributed by atoms with van der Waals surface area (Å²) in [6.45, 7) is 3.51. The number of nitrogens with one attached hydrogen (secondary N) is 1. The first-order chi connectivity index (χ1) is 6.27. The van der Waals surface area contributed by atoms with Gasteiger partial charge >= 0.3 is 6.03 Å². The first-order valence-electron chi connectivity index (χ1n) is 4.24. The maximum absolute atomic E-state index is 11.4. The molecule has 0 radical (unpaired) electrons. The molecule has 0 atom stereocenters. The Balaban J connectivity index is 1.97. The molecule has 2 amide bonds.